The highest BCUT2D eigenvalue weighted by Crippen LogP contribution is 2.27. The highest BCUT2D eigenvalue weighted by atomic mass is 16.4. The molecule has 0 rings (SSSR count). The van der Waals surface area contributed by atoms with Crippen molar-refractivity contribution in [3.63, 3.8) is 0 Å². The van der Waals surface area contributed by atoms with Crippen LogP contribution >= 0.6 is 0 Å². The Balaban J connectivity index is 0. The standard InChI is InChI=1S/C18H34O2.C9H20O2/c1-2-3-4-5-6-7-8-9-10-11-12-13-14-15-16-17-18(19)20;1-3-5-6-9(4-2,7-10)8-11/h9-10H,2-8,11-17H2,1H3,(H,19,20);10-11H,3-8H2,1-2H3. The molecule has 4 heteroatoms. The van der Waals surface area contributed by atoms with Gasteiger partial charge < -0.3 is 15.3 Å². The van der Waals surface area contributed by atoms with Crippen LogP contribution in [0.2, 0.25) is 0 Å². The number of unbranched alkanes of at least 4 members (excludes halogenated alkanes) is 12. The molecule has 0 bridgehead atoms. The summed E-state index contributed by atoms with van der Waals surface area (Å²) < 4.78 is 0. The van der Waals surface area contributed by atoms with Gasteiger partial charge in [-0.05, 0) is 44.9 Å². The highest BCUT2D eigenvalue weighted by Gasteiger charge is 2.25. The molecule has 186 valence electrons. The van der Waals surface area contributed by atoms with Gasteiger partial charge >= 0.3 is 5.97 Å². The van der Waals surface area contributed by atoms with E-state index in [9.17, 15) is 4.79 Å². The molecule has 0 saturated heterocycles. The monoisotopic (exact) mass is 442 g/mol. The molecule has 0 atom stereocenters. The predicted molar refractivity (Wildman–Crippen MR) is 134 cm³/mol. The van der Waals surface area contributed by atoms with Crippen LogP contribution in [0.4, 0.5) is 0 Å². The first-order valence-corrected chi connectivity index (χ1v) is 13.1. The molecule has 0 aliphatic rings. The quantitative estimate of drug-likeness (QED) is 0.126. The summed E-state index contributed by atoms with van der Waals surface area (Å²) >= 11 is 0. The average molecular weight is 443 g/mol. The van der Waals surface area contributed by atoms with Gasteiger partial charge in [0.25, 0.3) is 0 Å². The zero-order valence-electron chi connectivity index (χ0n) is 21.0. The Labute approximate surface area is 193 Å². The molecule has 0 aromatic heterocycles. The van der Waals surface area contributed by atoms with Crippen molar-refractivity contribution in [2.75, 3.05) is 13.2 Å². The number of carbonyl (C=O) groups is 1. The largest absolute Gasteiger partial charge is 0.481 e. The molecular formula is C27H54O4. The van der Waals surface area contributed by atoms with Crippen molar-refractivity contribution >= 4 is 5.97 Å². The van der Waals surface area contributed by atoms with Crippen molar-refractivity contribution in [1.29, 1.82) is 0 Å². The molecule has 0 heterocycles. The lowest BCUT2D eigenvalue weighted by atomic mass is 9.82. The summed E-state index contributed by atoms with van der Waals surface area (Å²) in [7, 11) is 0. The minimum Gasteiger partial charge on any atom is -0.481 e. The first-order valence-electron chi connectivity index (χ1n) is 13.1. The maximum Gasteiger partial charge on any atom is 0.303 e. The summed E-state index contributed by atoms with van der Waals surface area (Å²) in [6, 6.07) is 0. The Bertz CT molecular complexity index is 380. The van der Waals surface area contributed by atoms with Gasteiger partial charge in [-0.15, -0.1) is 0 Å². The second-order valence-corrected chi connectivity index (χ2v) is 9.00. The van der Waals surface area contributed by atoms with Crippen molar-refractivity contribution in [3.8, 4) is 0 Å². The van der Waals surface area contributed by atoms with Gasteiger partial charge in [0.2, 0.25) is 0 Å². The molecule has 31 heavy (non-hydrogen) atoms. The second-order valence-electron chi connectivity index (χ2n) is 9.00. The molecule has 0 radical (unpaired) electrons. The topological polar surface area (TPSA) is 77.8 Å². The molecule has 0 unspecified atom stereocenters. The van der Waals surface area contributed by atoms with Crippen molar-refractivity contribution in [3.05, 3.63) is 12.2 Å². The number of aliphatic carboxylic acids is 1. The van der Waals surface area contributed by atoms with Crippen LogP contribution in [0, 0.1) is 5.41 Å². The lowest BCUT2D eigenvalue weighted by molar-refractivity contribution is -0.137. The lowest BCUT2D eigenvalue weighted by Crippen LogP contribution is -2.28. The van der Waals surface area contributed by atoms with E-state index in [4.69, 9.17) is 15.3 Å². The average Bonchev–Trinajstić information content (AvgIpc) is 2.78. The van der Waals surface area contributed by atoms with Crippen molar-refractivity contribution < 1.29 is 20.1 Å². The molecule has 0 amide bonds. The molecule has 4 nitrogen and oxygen atoms in total. The molecule has 0 aromatic rings. The number of hydrogen-bond acceptors (Lipinski definition) is 3. The van der Waals surface area contributed by atoms with Crippen molar-refractivity contribution in [1.82, 2.24) is 0 Å². The third kappa shape index (κ3) is 23.6. The number of hydrogen-bond donors (Lipinski definition) is 3. The highest BCUT2D eigenvalue weighted by molar-refractivity contribution is 5.66. The minimum atomic E-state index is -0.664. The number of aliphatic hydroxyl groups excluding tert-OH is 2. The first kappa shape index (κ1) is 32.3. The lowest BCUT2D eigenvalue weighted by Gasteiger charge is -2.27. The second kappa shape index (κ2) is 25.4. The van der Waals surface area contributed by atoms with Gasteiger partial charge in [-0.1, -0.05) is 97.1 Å². The summed E-state index contributed by atoms with van der Waals surface area (Å²) in [6.07, 6.45) is 25.3. The van der Waals surface area contributed by atoms with Gasteiger partial charge in [0.1, 0.15) is 0 Å². The van der Waals surface area contributed by atoms with Crippen LogP contribution in [0.25, 0.3) is 0 Å². The molecule has 0 aliphatic carbocycles. The maximum atomic E-state index is 10.3. The summed E-state index contributed by atoms with van der Waals surface area (Å²) in [5.74, 6) is -0.664. The smallest absolute Gasteiger partial charge is 0.303 e. The van der Waals surface area contributed by atoms with Crippen LogP contribution in [0.3, 0.4) is 0 Å². The molecule has 0 aliphatic heterocycles. The Kier molecular flexibility index (Phi) is 26.5. The van der Waals surface area contributed by atoms with E-state index in [1.54, 1.807) is 0 Å². The maximum absolute atomic E-state index is 10.3. The SMILES string of the molecule is CCCCC(CC)(CO)CO.CCCCCCCCC=CCCCCCCCC(=O)O. The summed E-state index contributed by atoms with van der Waals surface area (Å²) in [4.78, 5) is 10.3. The van der Waals surface area contributed by atoms with E-state index in [0.717, 1.165) is 38.5 Å². The number of allylic oxidation sites excluding steroid dienone is 2. The van der Waals surface area contributed by atoms with E-state index in [-0.39, 0.29) is 18.6 Å². The van der Waals surface area contributed by atoms with Crippen LogP contribution in [0.5, 0.6) is 0 Å². The Hall–Kier alpha value is -0.870. The third-order valence-electron chi connectivity index (χ3n) is 6.13. The number of rotatable bonds is 21. The van der Waals surface area contributed by atoms with E-state index in [1.165, 1.54) is 70.6 Å². The fourth-order valence-corrected chi connectivity index (χ4v) is 3.51. The minimum absolute atomic E-state index is 0.111. The fourth-order valence-electron chi connectivity index (χ4n) is 3.51. The Morgan fingerprint density at radius 1 is 0.677 bits per heavy atom. The van der Waals surface area contributed by atoms with Gasteiger partial charge in [-0.2, -0.15) is 0 Å². The molecular weight excluding hydrogens is 388 g/mol. The normalized spacial score (nSPS) is 11.5. The van der Waals surface area contributed by atoms with E-state index in [0.29, 0.717) is 6.42 Å². The third-order valence-corrected chi connectivity index (χ3v) is 6.13. The molecule has 0 saturated carbocycles. The number of carboxylic acids is 1. The summed E-state index contributed by atoms with van der Waals surface area (Å²) in [6.45, 7) is 6.62. The summed E-state index contributed by atoms with van der Waals surface area (Å²) in [5.41, 5.74) is -0.212. The fraction of sp³-hybridized carbons (Fsp3) is 0.889. The van der Waals surface area contributed by atoms with E-state index in [2.05, 4.69) is 26.0 Å². The number of aliphatic hydroxyl groups is 2. The summed E-state index contributed by atoms with van der Waals surface area (Å²) in [5, 5.41) is 26.6. The van der Waals surface area contributed by atoms with Gasteiger partial charge in [-0.25, -0.2) is 0 Å². The van der Waals surface area contributed by atoms with Crippen LogP contribution in [-0.4, -0.2) is 34.5 Å². The molecule has 0 aromatic carbocycles. The predicted octanol–water partition coefficient (Wildman–Crippen LogP) is 7.67. The van der Waals surface area contributed by atoms with Gasteiger partial charge in [-0.3, -0.25) is 4.79 Å². The van der Waals surface area contributed by atoms with Crippen molar-refractivity contribution in [2.24, 2.45) is 5.41 Å². The van der Waals surface area contributed by atoms with Gasteiger partial charge in [0.05, 0.1) is 13.2 Å². The molecule has 3 N–H and O–H groups in total. The van der Waals surface area contributed by atoms with Gasteiger partial charge in [0.15, 0.2) is 0 Å². The van der Waals surface area contributed by atoms with Crippen molar-refractivity contribution in [2.45, 2.75) is 136 Å². The van der Waals surface area contributed by atoms with Crippen LogP contribution in [-0.2, 0) is 4.79 Å². The van der Waals surface area contributed by atoms with Crippen LogP contribution in [0.15, 0.2) is 12.2 Å². The van der Waals surface area contributed by atoms with Crippen LogP contribution in [0.1, 0.15) is 136 Å². The Morgan fingerprint density at radius 3 is 1.55 bits per heavy atom. The van der Waals surface area contributed by atoms with Crippen LogP contribution < -0.4 is 0 Å². The zero-order chi connectivity index (χ0) is 23.6. The van der Waals surface area contributed by atoms with E-state index in [1.807, 2.05) is 6.92 Å². The van der Waals surface area contributed by atoms with E-state index < -0.39 is 5.97 Å². The molecule has 0 fully saturated rings. The van der Waals surface area contributed by atoms with Gasteiger partial charge in [0, 0.05) is 11.8 Å². The molecule has 0 spiro atoms. The Morgan fingerprint density at radius 2 is 1.13 bits per heavy atom. The zero-order valence-corrected chi connectivity index (χ0v) is 21.0. The first-order chi connectivity index (χ1) is 15.0. The number of carboxylic acid groups (broad SMARTS) is 1. The van der Waals surface area contributed by atoms with E-state index >= 15 is 0 Å².